The Labute approximate surface area is 174 Å². The van der Waals surface area contributed by atoms with E-state index in [0.29, 0.717) is 22.4 Å². The first-order valence-electron chi connectivity index (χ1n) is 8.69. The van der Waals surface area contributed by atoms with Crippen molar-refractivity contribution in [1.82, 2.24) is 4.90 Å². The molecule has 0 radical (unpaired) electrons. The number of thiocarbonyl (C=S) groups is 1. The van der Waals surface area contributed by atoms with Crippen molar-refractivity contribution in [3.05, 3.63) is 70.6 Å². The molecule has 0 N–H and O–H groups in total. The molecule has 1 heterocycles. The van der Waals surface area contributed by atoms with E-state index >= 15 is 0 Å². The molecule has 2 aromatic rings. The number of thioether (sulfide) groups is 2. The van der Waals surface area contributed by atoms with Gasteiger partial charge in [0.15, 0.2) is 0 Å². The number of amides is 1. The van der Waals surface area contributed by atoms with Crippen LogP contribution in [0.5, 0.6) is 5.75 Å². The minimum Gasteiger partial charge on any atom is -0.488 e. The molecule has 0 atom stereocenters. The molecule has 1 aliphatic heterocycles. The summed E-state index contributed by atoms with van der Waals surface area (Å²) in [5.74, 6) is 1.77. The normalized spacial score (nSPS) is 15.6. The fourth-order valence-corrected chi connectivity index (χ4v) is 4.38. The third-order valence-corrected chi connectivity index (χ3v) is 6.12. The van der Waals surface area contributed by atoms with Crippen molar-refractivity contribution < 1.29 is 9.53 Å². The number of nitrogens with zero attached hydrogens (tertiary/aromatic N) is 1. The minimum atomic E-state index is -0.0102. The summed E-state index contributed by atoms with van der Waals surface area (Å²) < 4.78 is 6.62. The predicted molar refractivity (Wildman–Crippen MR) is 120 cm³/mol. The lowest BCUT2D eigenvalue weighted by atomic mass is 10.1. The fourth-order valence-electron chi connectivity index (χ4n) is 2.67. The third kappa shape index (κ3) is 5.37. The molecule has 0 unspecified atom stereocenters. The number of hydrogen-bond donors (Lipinski definition) is 0. The summed E-state index contributed by atoms with van der Waals surface area (Å²) in [7, 11) is 0. The molecule has 140 valence electrons. The van der Waals surface area contributed by atoms with E-state index in [4.69, 9.17) is 17.0 Å². The Morgan fingerprint density at radius 1 is 1.15 bits per heavy atom. The highest BCUT2D eigenvalue weighted by atomic mass is 32.2. The maximum absolute atomic E-state index is 12.7. The zero-order valence-electron chi connectivity index (χ0n) is 15.1. The summed E-state index contributed by atoms with van der Waals surface area (Å²) in [6, 6.07) is 17.8. The zero-order chi connectivity index (χ0) is 19.1. The van der Waals surface area contributed by atoms with Crippen LogP contribution in [0.4, 0.5) is 0 Å². The first-order chi connectivity index (χ1) is 13.2. The van der Waals surface area contributed by atoms with Crippen LogP contribution < -0.4 is 4.74 Å². The van der Waals surface area contributed by atoms with Gasteiger partial charge in [-0.3, -0.25) is 9.69 Å². The van der Waals surface area contributed by atoms with Gasteiger partial charge in [-0.1, -0.05) is 72.5 Å². The van der Waals surface area contributed by atoms with Crippen LogP contribution in [0.25, 0.3) is 6.08 Å². The number of benzene rings is 2. The van der Waals surface area contributed by atoms with Crippen molar-refractivity contribution >= 4 is 52.0 Å². The summed E-state index contributed by atoms with van der Waals surface area (Å²) in [4.78, 5) is 15.1. The van der Waals surface area contributed by atoms with Gasteiger partial charge in [-0.15, -0.1) is 0 Å². The van der Waals surface area contributed by atoms with Gasteiger partial charge in [-0.05, 0) is 36.1 Å². The Hall–Kier alpha value is -1.76. The van der Waals surface area contributed by atoms with Crippen LogP contribution in [-0.2, 0) is 11.4 Å². The van der Waals surface area contributed by atoms with E-state index < -0.39 is 0 Å². The highest BCUT2D eigenvalue weighted by molar-refractivity contribution is 8.26. The molecular formula is C21H21NO2S3. The van der Waals surface area contributed by atoms with Gasteiger partial charge in [0.1, 0.15) is 16.7 Å². The van der Waals surface area contributed by atoms with Gasteiger partial charge >= 0.3 is 0 Å². The molecule has 0 aromatic heterocycles. The third-order valence-electron chi connectivity index (χ3n) is 4.05. The average molecular weight is 416 g/mol. The van der Waals surface area contributed by atoms with Crippen molar-refractivity contribution in [2.45, 2.75) is 13.0 Å². The molecule has 1 amide bonds. The van der Waals surface area contributed by atoms with Crippen LogP contribution in [0.3, 0.4) is 0 Å². The van der Waals surface area contributed by atoms with E-state index in [2.05, 4.69) is 6.26 Å². The predicted octanol–water partition coefficient (Wildman–Crippen LogP) is 5.22. The molecule has 1 saturated heterocycles. The van der Waals surface area contributed by atoms with Crippen LogP contribution in [0.1, 0.15) is 17.5 Å². The summed E-state index contributed by atoms with van der Waals surface area (Å²) in [5, 5.41) is 0. The SMILES string of the molecule is CSCCCN1C(=O)C(=Cc2ccccc2OCc2ccccc2)SC1=S. The average Bonchev–Trinajstić information content (AvgIpc) is 2.95. The summed E-state index contributed by atoms with van der Waals surface area (Å²) in [5.41, 5.74) is 1.99. The van der Waals surface area contributed by atoms with Gasteiger partial charge in [0.05, 0.1) is 4.91 Å². The molecule has 3 rings (SSSR count). The molecule has 0 bridgehead atoms. The molecular weight excluding hydrogens is 394 g/mol. The lowest BCUT2D eigenvalue weighted by molar-refractivity contribution is -0.122. The first-order valence-corrected chi connectivity index (χ1v) is 11.3. The largest absolute Gasteiger partial charge is 0.488 e. The maximum Gasteiger partial charge on any atom is 0.266 e. The van der Waals surface area contributed by atoms with E-state index in [-0.39, 0.29) is 5.91 Å². The van der Waals surface area contributed by atoms with Crippen molar-refractivity contribution in [2.75, 3.05) is 18.6 Å². The van der Waals surface area contributed by atoms with E-state index in [1.807, 2.05) is 60.7 Å². The quantitative estimate of drug-likeness (QED) is 0.335. The number of carbonyl (C=O) groups excluding carboxylic acids is 1. The van der Waals surface area contributed by atoms with E-state index in [9.17, 15) is 4.79 Å². The fraction of sp³-hybridized carbons (Fsp3) is 0.238. The number of rotatable bonds is 8. The van der Waals surface area contributed by atoms with Gasteiger partial charge in [0, 0.05) is 12.1 Å². The lowest BCUT2D eigenvalue weighted by Crippen LogP contribution is -2.29. The monoisotopic (exact) mass is 415 g/mol. The number of para-hydroxylation sites is 1. The minimum absolute atomic E-state index is 0.0102. The Bertz CT molecular complexity index is 836. The standard InChI is InChI=1S/C21H21NO2S3/c1-26-13-7-12-22-20(23)19(27-21(22)25)14-17-10-5-6-11-18(17)24-15-16-8-3-2-4-9-16/h2-6,8-11,14H,7,12-13,15H2,1H3. The van der Waals surface area contributed by atoms with E-state index in [1.165, 1.54) is 11.8 Å². The molecule has 1 aliphatic rings. The zero-order valence-corrected chi connectivity index (χ0v) is 17.5. The Balaban J connectivity index is 1.73. The van der Waals surface area contributed by atoms with Crippen LogP contribution in [0.15, 0.2) is 59.5 Å². The first kappa shape index (κ1) is 20.0. The van der Waals surface area contributed by atoms with Crippen LogP contribution in [-0.4, -0.2) is 33.7 Å². The van der Waals surface area contributed by atoms with Crippen LogP contribution in [0, 0.1) is 0 Å². The highest BCUT2D eigenvalue weighted by Crippen LogP contribution is 2.34. The van der Waals surface area contributed by atoms with Crippen molar-refractivity contribution in [1.29, 1.82) is 0 Å². The van der Waals surface area contributed by atoms with E-state index in [0.717, 1.165) is 29.1 Å². The molecule has 0 saturated carbocycles. The molecule has 27 heavy (non-hydrogen) atoms. The summed E-state index contributed by atoms with van der Waals surface area (Å²) >= 11 is 8.54. The lowest BCUT2D eigenvalue weighted by Gasteiger charge is -2.13. The Kier molecular flexibility index (Phi) is 7.38. The maximum atomic E-state index is 12.7. The second-order valence-corrected chi connectivity index (χ2v) is 8.65. The molecule has 6 heteroatoms. The van der Waals surface area contributed by atoms with Gasteiger partial charge in [0.2, 0.25) is 0 Å². The van der Waals surface area contributed by atoms with Crippen LogP contribution in [0.2, 0.25) is 0 Å². The molecule has 0 spiro atoms. The summed E-state index contributed by atoms with van der Waals surface area (Å²) in [6.07, 6.45) is 4.89. The second kappa shape index (κ2) is 9.97. The number of ether oxygens (including phenoxy) is 1. The van der Waals surface area contributed by atoms with Gasteiger partial charge < -0.3 is 4.74 Å². The summed E-state index contributed by atoms with van der Waals surface area (Å²) in [6.45, 7) is 1.16. The molecule has 1 fully saturated rings. The number of hydrogen-bond acceptors (Lipinski definition) is 5. The highest BCUT2D eigenvalue weighted by Gasteiger charge is 2.31. The second-order valence-electron chi connectivity index (χ2n) is 5.99. The van der Waals surface area contributed by atoms with Crippen LogP contribution >= 0.6 is 35.7 Å². The Morgan fingerprint density at radius 3 is 2.67 bits per heavy atom. The van der Waals surface area contributed by atoms with E-state index in [1.54, 1.807) is 16.7 Å². The molecule has 2 aromatic carbocycles. The number of carbonyl (C=O) groups is 1. The van der Waals surface area contributed by atoms with Gasteiger partial charge in [-0.25, -0.2) is 0 Å². The Morgan fingerprint density at radius 2 is 1.89 bits per heavy atom. The molecule has 0 aliphatic carbocycles. The topological polar surface area (TPSA) is 29.5 Å². The van der Waals surface area contributed by atoms with Gasteiger partial charge in [0.25, 0.3) is 5.91 Å². The van der Waals surface area contributed by atoms with Crippen molar-refractivity contribution in [3.8, 4) is 5.75 Å². The van der Waals surface area contributed by atoms with Gasteiger partial charge in [-0.2, -0.15) is 11.8 Å². The smallest absolute Gasteiger partial charge is 0.266 e. The van der Waals surface area contributed by atoms with Crippen molar-refractivity contribution in [2.24, 2.45) is 0 Å². The van der Waals surface area contributed by atoms with Crippen molar-refractivity contribution in [3.63, 3.8) is 0 Å². The molecule has 3 nitrogen and oxygen atoms in total.